The highest BCUT2D eigenvalue weighted by molar-refractivity contribution is 5.80. The van der Waals surface area contributed by atoms with Crippen LogP contribution in [-0.2, 0) is 25.6 Å². The molecule has 6 heteroatoms. The maximum absolute atomic E-state index is 4.81. The molecule has 2 N–H and O–H groups in total. The molecule has 1 fully saturated rings. The summed E-state index contributed by atoms with van der Waals surface area (Å²) in [6.45, 7) is 4.04. The molecule has 0 radical (unpaired) electrons. The Balaban J connectivity index is 1.45. The minimum absolute atomic E-state index is 0.220. The first-order valence-corrected chi connectivity index (χ1v) is 10.1. The molecule has 0 unspecified atom stereocenters. The van der Waals surface area contributed by atoms with Crippen molar-refractivity contribution in [3.8, 4) is 0 Å². The van der Waals surface area contributed by atoms with Gasteiger partial charge in [0, 0.05) is 19.0 Å². The van der Waals surface area contributed by atoms with Gasteiger partial charge in [0.1, 0.15) is 5.82 Å². The molecule has 0 saturated heterocycles. The van der Waals surface area contributed by atoms with Crippen molar-refractivity contribution in [1.29, 1.82) is 0 Å². The van der Waals surface area contributed by atoms with E-state index in [9.17, 15) is 0 Å². The Morgan fingerprint density at radius 2 is 1.69 bits per heavy atom. The van der Waals surface area contributed by atoms with Gasteiger partial charge in [-0.3, -0.25) is 0 Å². The van der Waals surface area contributed by atoms with E-state index in [1.807, 2.05) is 36.7 Å². The first kappa shape index (κ1) is 19.2. The van der Waals surface area contributed by atoms with E-state index in [4.69, 9.17) is 4.99 Å². The first-order valence-electron chi connectivity index (χ1n) is 10.1. The molecule has 150 valence electrons. The van der Waals surface area contributed by atoms with Gasteiger partial charge in [-0.2, -0.15) is 0 Å². The molecule has 1 aliphatic carbocycles. The molecule has 4 rings (SSSR count). The summed E-state index contributed by atoms with van der Waals surface area (Å²) in [6, 6.07) is 21.1. The molecule has 29 heavy (non-hydrogen) atoms. The molecule has 0 amide bonds. The molecule has 1 saturated carbocycles. The van der Waals surface area contributed by atoms with Gasteiger partial charge in [0.15, 0.2) is 11.8 Å². The largest absolute Gasteiger partial charge is 0.355 e. The number of nitrogens with one attached hydrogen (secondary N) is 2. The van der Waals surface area contributed by atoms with Crippen LogP contribution in [0.15, 0.2) is 65.7 Å². The van der Waals surface area contributed by atoms with Crippen molar-refractivity contribution in [3.63, 3.8) is 0 Å². The van der Waals surface area contributed by atoms with Crippen molar-refractivity contribution in [2.75, 3.05) is 6.54 Å². The van der Waals surface area contributed by atoms with E-state index < -0.39 is 0 Å². The van der Waals surface area contributed by atoms with E-state index in [-0.39, 0.29) is 5.41 Å². The van der Waals surface area contributed by atoms with Crippen molar-refractivity contribution >= 4 is 5.96 Å². The van der Waals surface area contributed by atoms with Crippen LogP contribution in [0.2, 0.25) is 0 Å². The van der Waals surface area contributed by atoms with Gasteiger partial charge in [0.05, 0.1) is 13.1 Å². The molecule has 0 spiro atoms. The third-order valence-electron chi connectivity index (χ3n) is 5.69. The van der Waals surface area contributed by atoms with Crippen LogP contribution in [0.4, 0.5) is 0 Å². The fourth-order valence-electron chi connectivity index (χ4n) is 3.46. The van der Waals surface area contributed by atoms with Gasteiger partial charge in [-0.1, -0.05) is 60.7 Å². The smallest absolute Gasteiger partial charge is 0.192 e. The van der Waals surface area contributed by atoms with Gasteiger partial charge in [-0.15, -0.1) is 10.2 Å². The Bertz CT molecular complexity index is 958. The number of aryl methyl sites for hydroxylation is 1. The second kappa shape index (κ2) is 8.47. The number of aromatic nitrogens is 3. The van der Waals surface area contributed by atoms with Crippen LogP contribution < -0.4 is 10.6 Å². The standard InChI is InChI=1S/C23H28N6/c1-18-27-28-21(29(18)2)16-25-22(24-15-19-9-5-3-6-10-19)26-17-23(13-14-23)20-11-7-4-8-12-20/h3-12H,13-17H2,1-2H3,(H2,24,25,26). The van der Waals surface area contributed by atoms with Crippen molar-refractivity contribution in [3.05, 3.63) is 83.4 Å². The summed E-state index contributed by atoms with van der Waals surface area (Å²) in [5.41, 5.74) is 2.81. The summed E-state index contributed by atoms with van der Waals surface area (Å²) in [6.07, 6.45) is 2.41. The molecule has 3 aromatic rings. The fraction of sp³-hybridized carbons (Fsp3) is 0.348. The molecule has 1 aromatic heterocycles. The molecule has 0 atom stereocenters. The maximum Gasteiger partial charge on any atom is 0.192 e. The lowest BCUT2D eigenvalue weighted by atomic mass is 9.96. The summed E-state index contributed by atoms with van der Waals surface area (Å²) in [5, 5.41) is 15.4. The first-order chi connectivity index (χ1) is 14.2. The van der Waals surface area contributed by atoms with Gasteiger partial charge in [-0.25, -0.2) is 4.99 Å². The maximum atomic E-state index is 4.81. The normalized spacial score (nSPS) is 15.2. The lowest BCUT2D eigenvalue weighted by Crippen LogP contribution is -2.41. The van der Waals surface area contributed by atoms with Crippen molar-refractivity contribution in [2.45, 2.75) is 38.3 Å². The average Bonchev–Trinajstić information content (AvgIpc) is 3.50. The number of hydrogen-bond donors (Lipinski definition) is 2. The highest BCUT2D eigenvalue weighted by Gasteiger charge is 2.44. The summed E-state index contributed by atoms with van der Waals surface area (Å²) < 4.78 is 1.99. The highest BCUT2D eigenvalue weighted by Crippen LogP contribution is 2.47. The minimum atomic E-state index is 0.220. The van der Waals surface area contributed by atoms with Crippen LogP contribution in [-0.4, -0.2) is 27.3 Å². The highest BCUT2D eigenvalue weighted by atomic mass is 15.3. The number of rotatable bonds is 7. The number of hydrogen-bond acceptors (Lipinski definition) is 3. The summed E-state index contributed by atoms with van der Waals surface area (Å²) in [4.78, 5) is 4.81. The molecule has 6 nitrogen and oxygen atoms in total. The van der Waals surface area contributed by atoms with E-state index in [1.54, 1.807) is 0 Å². The van der Waals surface area contributed by atoms with E-state index in [0.29, 0.717) is 13.1 Å². The molecule has 0 aliphatic heterocycles. The Hall–Kier alpha value is -3.15. The molecule has 1 aliphatic rings. The van der Waals surface area contributed by atoms with Crippen LogP contribution in [0.25, 0.3) is 0 Å². The second-order valence-corrected chi connectivity index (χ2v) is 7.73. The van der Waals surface area contributed by atoms with Gasteiger partial charge >= 0.3 is 0 Å². The Labute approximate surface area is 172 Å². The number of nitrogens with zero attached hydrogens (tertiary/aromatic N) is 4. The van der Waals surface area contributed by atoms with Gasteiger partial charge < -0.3 is 15.2 Å². The number of benzene rings is 2. The Morgan fingerprint density at radius 3 is 2.31 bits per heavy atom. The average molecular weight is 389 g/mol. The van der Waals surface area contributed by atoms with Gasteiger partial charge in [0.25, 0.3) is 0 Å². The predicted octanol–water partition coefficient (Wildman–Crippen LogP) is 3.09. The third-order valence-corrected chi connectivity index (χ3v) is 5.69. The van der Waals surface area contributed by atoms with Crippen LogP contribution in [0.5, 0.6) is 0 Å². The lowest BCUT2D eigenvalue weighted by molar-refractivity contribution is 0.637. The zero-order valence-corrected chi connectivity index (χ0v) is 17.1. The van der Waals surface area contributed by atoms with E-state index in [1.165, 1.54) is 24.0 Å². The number of aliphatic imine (C=N–C) groups is 1. The predicted molar refractivity (Wildman–Crippen MR) is 116 cm³/mol. The molecule has 0 bridgehead atoms. The number of guanidine groups is 1. The molecular formula is C23H28N6. The Morgan fingerprint density at radius 1 is 1.00 bits per heavy atom. The van der Waals surface area contributed by atoms with Gasteiger partial charge in [-0.05, 0) is 30.9 Å². The summed E-state index contributed by atoms with van der Waals surface area (Å²) in [5.74, 6) is 2.59. The van der Waals surface area contributed by atoms with Gasteiger partial charge in [0.2, 0.25) is 0 Å². The zero-order valence-electron chi connectivity index (χ0n) is 17.1. The zero-order chi connectivity index (χ0) is 20.1. The van der Waals surface area contributed by atoms with E-state index >= 15 is 0 Å². The van der Waals surface area contributed by atoms with Crippen LogP contribution >= 0.6 is 0 Å². The van der Waals surface area contributed by atoms with E-state index in [0.717, 1.165) is 24.2 Å². The SMILES string of the molecule is Cc1nnc(CNC(=NCc2ccccc2)NCC2(c3ccccc3)CC2)n1C. The topological polar surface area (TPSA) is 67.1 Å². The molecule has 2 aromatic carbocycles. The monoisotopic (exact) mass is 388 g/mol. The molecular weight excluding hydrogens is 360 g/mol. The van der Waals surface area contributed by atoms with Crippen molar-refractivity contribution in [1.82, 2.24) is 25.4 Å². The lowest BCUT2D eigenvalue weighted by Gasteiger charge is -2.19. The molecule has 1 heterocycles. The van der Waals surface area contributed by atoms with Crippen LogP contribution in [0.1, 0.15) is 35.6 Å². The van der Waals surface area contributed by atoms with Crippen LogP contribution in [0, 0.1) is 6.92 Å². The van der Waals surface area contributed by atoms with Crippen molar-refractivity contribution in [2.24, 2.45) is 12.0 Å². The minimum Gasteiger partial charge on any atom is -0.355 e. The second-order valence-electron chi connectivity index (χ2n) is 7.73. The summed E-state index contributed by atoms with van der Waals surface area (Å²) >= 11 is 0. The quantitative estimate of drug-likeness (QED) is 0.482. The van der Waals surface area contributed by atoms with E-state index in [2.05, 4.69) is 63.3 Å². The summed E-state index contributed by atoms with van der Waals surface area (Å²) in [7, 11) is 1.98. The fourth-order valence-corrected chi connectivity index (χ4v) is 3.46. The third kappa shape index (κ3) is 4.65. The Kier molecular flexibility index (Phi) is 5.60. The van der Waals surface area contributed by atoms with Crippen LogP contribution in [0.3, 0.4) is 0 Å². The van der Waals surface area contributed by atoms with Crippen molar-refractivity contribution < 1.29 is 0 Å².